The van der Waals surface area contributed by atoms with E-state index in [1.807, 2.05) is 66.7 Å². The summed E-state index contributed by atoms with van der Waals surface area (Å²) in [4.78, 5) is 38.2. The standard InChI is InChI=1S/C39H42N4O8/c44-26-27-7-9-29(10-8-27)36-23-35(25-41-17-19-42(20-18-41)33-11-13-34(14-12-33)43(48)49)50-39(51-36)32-6-2-5-31(22-32)30-4-1-3-28(21-30)24-40-37(45)15-16-38(46)47/h1-14,21-22,35-36,39,44H,15-20,23-26H2,(H,40,45)(H,46,47)/t35-,36+,39+/m1/s1. The highest BCUT2D eigenvalue weighted by Crippen LogP contribution is 2.39. The minimum atomic E-state index is -1.00. The van der Waals surface area contributed by atoms with Crippen LogP contribution >= 0.6 is 0 Å². The van der Waals surface area contributed by atoms with Gasteiger partial charge in [-0.05, 0) is 52.1 Å². The summed E-state index contributed by atoms with van der Waals surface area (Å²) >= 11 is 0. The number of carboxylic acid groups (broad SMARTS) is 1. The summed E-state index contributed by atoms with van der Waals surface area (Å²) in [6.45, 7) is 4.22. The molecule has 12 nitrogen and oxygen atoms in total. The molecule has 0 aromatic heterocycles. The first-order valence-electron chi connectivity index (χ1n) is 17.1. The fourth-order valence-electron chi connectivity index (χ4n) is 6.53. The number of carboxylic acids is 1. The lowest BCUT2D eigenvalue weighted by molar-refractivity contribution is -0.384. The van der Waals surface area contributed by atoms with Crippen LogP contribution in [0.5, 0.6) is 0 Å². The van der Waals surface area contributed by atoms with Crippen LogP contribution in [-0.2, 0) is 32.2 Å². The lowest BCUT2D eigenvalue weighted by atomic mass is 9.98. The molecule has 2 fully saturated rings. The molecule has 2 aliphatic heterocycles. The van der Waals surface area contributed by atoms with E-state index in [9.17, 15) is 24.8 Å². The van der Waals surface area contributed by atoms with Crippen molar-refractivity contribution in [1.29, 1.82) is 0 Å². The van der Waals surface area contributed by atoms with Gasteiger partial charge in [0.2, 0.25) is 5.91 Å². The molecule has 3 atom stereocenters. The number of anilines is 1. The molecule has 6 rings (SSSR count). The molecule has 4 aromatic carbocycles. The summed E-state index contributed by atoms with van der Waals surface area (Å²) in [5.41, 5.74) is 6.61. The maximum absolute atomic E-state index is 12.1. The quantitative estimate of drug-likeness (QED) is 0.119. The van der Waals surface area contributed by atoms with E-state index in [2.05, 4.69) is 21.2 Å². The molecule has 2 saturated heterocycles. The average Bonchev–Trinajstić information content (AvgIpc) is 3.16. The normalized spacial score (nSPS) is 19.4. The molecule has 4 aromatic rings. The number of amides is 1. The van der Waals surface area contributed by atoms with Crippen LogP contribution in [0.3, 0.4) is 0 Å². The number of aliphatic hydroxyl groups excluding tert-OH is 1. The first-order chi connectivity index (χ1) is 24.7. The third kappa shape index (κ3) is 9.56. The Kier molecular flexibility index (Phi) is 11.7. The van der Waals surface area contributed by atoms with Gasteiger partial charge in [0.05, 0.1) is 30.2 Å². The van der Waals surface area contributed by atoms with Crippen LogP contribution in [0.15, 0.2) is 97.1 Å². The van der Waals surface area contributed by atoms with Crippen LogP contribution in [0, 0.1) is 10.1 Å². The van der Waals surface area contributed by atoms with Gasteiger partial charge in [0.25, 0.3) is 5.69 Å². The summed E-state index contributed by atoms with van der Waals surface area (Å²) in [7, 11) is 0. The number of nitro benzene ring substituents is 1. The Morgan fingerprint density at radius 1 is 0.824 bits per heavy atom. The van der Waals surface area contributed by atoms with E-state index >= 15 is 0 Å². The smallest absolute Gasteiger partial charge is 0.303 e. The van der Waals surface area contributed by atoms with Crippen LogP contribution in [0.1, 0.15) is 53.9 Å². The second-order valence-corrected chi connectivity index (χ2v) is 12.9. The molecule has 2 aliphatic rings. The average molecular weight is 695 g/mol. The summed E-state index contributed by atoms with van der Waals surface area (Å²) in [5, 5.41) is 32.3. The van der Waals surface area contributed by atoms with E-state index in [0.29, 0.717) is 13.0 Å². The largest absolute Gasteiger partial charge is 0.481 e. The van der Waals surface area contributed by atoms with Gasteiger partial charge < -0.3 is 29.9 Å². The first-order valence-corrected chi connectivity index (χ1v) is 17.1. The summed E-state index contributed by atoms with van der Waals surface area (Å²) < 4.78 is 13.3. The number of piperazine rings is 1. The van der Waals surface area contributed by atoms with Gasteiger partial charge in [-0.15, -0.1) is 0 Å². The fourth-order valence-corrected chi connectivity index (χ4v) is 6.53. The second-order valence-electron chi connectivity index (χ2n) is 12.9. The van der Waals surface area contributed by atoms with Gasteiger partial charge in [0, 0.05) is 75.5 Å². The Morgan fingerprint density at radius 2 is 1.53 bits per heavy atom. The second kappa shape index (κ2) is 16.7. The van der Waals surface area contributed by atoms with Gasteiger partial charge in [-0.1, -0.05) is 60.7 Å². The highest BCUT2D eigenvalue weighted by Gasteiger charge is 2.34. The molecule has 0 saturated carbocycles. The number of nitro groups is 1. The van der Waals surface area contributed by atoms with Crippen molar-refractivity contribution in [3.8, 4) is 11.1 Å². The molecule has 0 bridgehead atoms. The van der Waals surface area contributed by atoms with Crippen LogP contribution in [0.25, 0.3) is 11.1 Å². The molecule has 3 N–H and O–H groups in total. The number of aliphatic carboxylic acids is 1. The molecule has 0 aliphatic carbocycles. The highest BCUT2D eigenvalue weighted by atomic mass is 16.7. The third-order valence-corrected chi connectivity index (χ3v) is 9.35. The number of rotatable bonds is 13. The zero-order chi connectivity index (χ0) is 35.7. The topological polar surface area (TPSA) is 155 Å². The first kappa shape index (κ1) is 35.7. The van der Waals surface area contributed by atoms with E-state index in [0.717, 1.165) is 71.8 Å². The molecular weight excluding hydrogens is 652 g/mol. The van der Waals surface area contributed by atoms with E-state index < -0.39 is 12.3 Å². The molecule has 51 heavy (non-hydrogen) atoms. The van der Waals surface area contributed by atoms with Crippen LogP contribution in [-0.4, -0.2) is 70.7 Å². The molecular formula is C39H42N4O8. The van der Waals surface area contributed by atoms with Crippen molar-refractivity contribution < 1.29 is 34.2 Å². The lowest BCUT2D eigenvalue weighted by Crippen LogP contribution is -2.49. The van der Waals surface area contributed by atoms with Gasteiger partial charge in [0.15, 0.2) is 6.29 Å². The zero-order valence-electron chi connectivity index (χ0n) is 28.2. The Morgan fingerprint density at radius 3 is 2.22 bits per heavy atom. The Labute approximate surface area is 296 Å². The van der Waals surface area contributed by atoms with Crippen molar-refractivity contribution in [3.05, 3.63) is 129 Å². The van der Waals surface area contributed by atoms with Gasteiger partial charge in [-0.2, -0.15) is 0 Å². The number of hydrogen-bond donors (Lipinski definition) is 3. The van der Waals surface area contributed by atoms with Crippen LogP contribution < -0.4 is 10.2 Å². The van der Waals surface area contributed by atoms with Crippen LogP contribution in [0.4, 0.5) is 11.4 Å². The maximum atomic E-state index is 12.1. The summed E-state index contributed by atoms with van der Waals surface area (Å²) in [5.74, 6) is -1.31. The molecule has 0 spiro atoms. The predicted molar refractivity (Wildman–Crippen MR) is 191 cm³/mol. The number of carbonyl (C=O) groups is 2. The predicted octanol–water partition coefficient (Wildman–Crippen LogP) is 5.60. The molecule has 12 heteroatoms. The number of hydrogen-bond acceptors (Lipinski definition) is 9. The highest BCUT2D eigenvalue weighted by molar-refractivity contribution is 5.80. The molecule has 2 heterocycles. The van der Waals surface area contributed by atoms with Gasteiger partial charge in [-0.25, -0.2) is 0 Å². The van der Waals surface area contributed by atoms with Crippen molar-refractivity contribution in [2.75, 3.05) is 37.6 Å². The zero-order valence-corrected chi connectivity index (χ0v) is 28.2. The van der Waals surface area contributed by atoms with Gasteiger partial charge in [-0.3, -0.25) is 24.6 Å². The number of benzene rings is 4. The van der Waals surface area contributed by atoms with E-state index in [1.165, 1.54) is 0 Å². The minimum Gasteiger partial charge on any atom is -0.481 e. The number of aliphatic hydroxyl groups is 1. The van der Waals surface area contributed by atoms with E-state index in [-0.39, 0.29) is 48.2 Å². The van der Waals surface area contributed by atoms with Gasteiger partial charge >= 0.3 is 5.97 Å². The Hall–Kier alpha value is -5.14. The van der Waals surface area contributed by atoms with Crippen molar-refractivity contribution in [1.82, 2.24) is 10.2 Å². The van der Waals surface area contributed by atoms with E-state index in [4.69, 9.17) is 14.6 Å². The fraction of sp³-hybridized carbons (Fsp3) is 0.333. The van der Waals surface area contributed by atoms with Crippen molar-refractivity contribution >= 4 is 23.3 Å². The maximum Gasteiger partial charge on any atom is 0.303 e. The number of nitrogens with zero attached hydrogens (tertiary/aromatic N) is 3. The Bertz CT molecular complexity index is 1810. The molecule has 1 amide bonds. The van der Waals surface area contributed by atoms with Crippen molar-refractivity contribution in [2.24, 2.45) is 0 Å². The molecule has 266 valence electrons. The lowest BCUT2D eigenvalue weighted by Gasteiger charge is -2.41. The SMILES string of the molecule is O=C(O)CCC(=O)NCc1cccc(-c2cccc([C@H]3O[C@@H](CN4CCN(c5ccc([N+](=O)[O-])cc5)CC4)C[C@@H](c4ccc(CO)cc4)O3)c2)c1. The number of carbonyl (C=O) groups excluding carboxylic acids is 1. The van der Waals surface area contributed by atoms with Crippen molar-refractivity contribution in [2.45, 2.75) is 50.9 Å². The summed E-state index contributed by atoms with van der Waals surface area (Å²) in [6, 6.07) is 30.4. The molecule has 0 radical (unpaired) electrons. The van der Waals surface area contributed by atoms with Crippen LogP contribution in [0.2, 0.25) is 0 Å². The summed E-state index contributed by atoms with van der Waals surface area (Å²) in [6.07, 6.45) is -0.569. The van der Waals surface area contributed by atoms with Gasteiger partial charge in [0.1, 0.15) is 0 Å². The third-order valence-electron chi connectivity index (χ3n) is 9.35. The number of ether oxygens (including phenoxy) is 2. The number of nitrogens with one attached hydrogen (secondary N) is 1. The van der Waals surface area contributed by atoms with Crippen molar-refractivity contribution in [3.63, 3.8) is 0 Å². The number of non-ortho nitro benzene ring substituents is 1. The minimum absolute atomic E-state index is 0.0307. The Balaban J connectivity index is 1.15. The monoisotopic (exact) mass is 694 g/mol. The molecule has 0 unspecified atom stereocenters. The van der Waals surface area contributed by atoms with E-state index in [1.54, 1.807) is 24.3 Å².